The first-order valence-corrected chi connectivity index (χ1v) is 2.43. The van der Waals surface area contributed by atoms with Crippen molar-refractivity contribution in [3.63, 3.8) is 0 Å². The van der Waals surface area contributed by atoms with Gasteiger partial charge in [-0.2, -0.15) is 4.52 Å². The number of aromatic nitrogens is 4. The summed E-state index contributed by atoms with van der Waals surface area (Å²) in [5, 5.41) is 8.88. The predicted molar refractivity (Wildman–Crippen MR) is 28.2 cm³/mol. The standard InChI is InChI=1S/C4H4N4O/c9-8-3-6-4-1-5-2-7(4)8/h1-3,9H. The van der Waals surface area contributed by atoms with E-state index in [0.29, 0.717) is 5.65 Å². The molecule has 0 aliphatic rings. The molecule has 1 N–H and O–H groups in total. The van der Waals surface area contributed by atoms with Crippen LogP contribution >= 0.6 is 0 Å². The smallest absolute Gasteiger partial charge is 0.176 e. The Hall–Kier alpha value is -1.52. The maximum Gasteiger partial charge on any atom is 0.176 e. The SMILES string of the molecule is On1cnc2cncn21. The number of hydrogen-bond donors (Lipinski definition) is 1. The highest BCUT2D eigenvalue weighted by Gasteiger charge is 1.95. The van der Waals surface area contributed by atoms with Gasteiger partial charge < -0.3 is 5.21 Å². The third kappa shape index (κ3) is 0.426. The van der Waals surface area contributed by atoms with Crippen LogP contribution in [0.2, 0.25) is 0 Å². The summed E-state index contributed by atoms with van der Waals surface area (Å²) in [6.07, 6.45) is 4.34. The summed E-state index contributed by atoms with van der Waals surface area (Å²) in [6.45, 7) is 0. The topological polar surface area (TPSA) is 55.3 Å². The zero-order valence-electron chi connectivity index (χ0n) is 4.47. The summed E-state index contributed by atoms with van der Waals surface area (Å²) in [5.74, 6) is 0. The minimum atomic E-state index is 0.637. The fourth-order valence-corrected chi connectivity index (χ4v) is 0.698. The van der Waals surface area contributed by atoms with Gasteiger partial charge in [-0.05, 0) is 0 Å². The van der Waals surface area contributed by atoms with Crippen LogP contribution in [0.25, 0.3) is 5.65 Å². The molecule has 0 saturated heterocycles. The molecule has 0 saturated carbocycles. The predicted octanol–water partition coefficient (Wildman–Crippen LogP) is -0.232. The van der Waals surface area contributed by atoms with Crippen molar-refractivity contribution in [3.05, 3.63) is 18.9 Å². The molecule has 0 bridgehead atoms. The minimum absolute atomic E-state index is 0.637. The molecule has 2 aromatic rings. The number of rotatable bonds is 0. The van der Waals surface area contributed by atoms with Gasteiger partial charge in [-0.25, -0.2) is 9.97 Å². The summed E-state index contributed by atoms with van der Waals surface area (Å²) in [7, 11) is 0. The highest BCUT2D eigenvalue weighted by atomic mass is 16.5. The number of hydrogen-bond acceptors (Lipinski definition) is 3. The molecule has 0 aliphatic carbocycles. The van der Waals surface area contributed by atoms with Gasteiger partial charge in [0.05, 0.1) is 6.20 Å². The Morgan fingerprint density at radius 2 is 2.33 bits per heavy atom. The fraction of sp³-hybridized carbons (Fsp3) is 0. The number of fused-ring (bicyclic) bond motifs is 1. The van der Waals surface area contributed by atoms with Crippen molar-refractivity contribution < 1.29 is 5.21 Å². The van der Waals surface area contributed by atoms with Crippen molar-refractivity contribution in [1.82, 2.24) is 19.3 Å². The van der Waals surface area contributed by atoms with Gasteiger partial charge in [0.2, 0.25) is 0 Å². The maximum absolute atomic E-state index is 8.88. The summed E-state index contributed by atoms with van der Waals surface area (Å²) in [5.41, 5.74) is 0.637. The van der Waals surface area contributed by atoms with Gasteiger partial charge in [-0.1, -0.05) is 0 Å². The molecule has 2 rings (SSSR count). The van der Waals surface area contributed by atoms with Gasteiger partial charge in [0.15, 0.2) is 12.0 Å². The molecule has 0 unspecified atom stereocenters. The van der Waals surface area contributed by atoms with Crippen LogP contribution in [0.4, 0.5) is 0 Å². The fourth-order valence-electron chi connectivity index (χ4n) is 0.698. The van der Waals surface area contributed by atoms with E-state index in [9.17, 15) is 0 Å². The minimum Gasteiger partial charge on any atom is -0.411 e. The van der Waals surface area contributed by atoms with Crippen LogP contribution in [0.1, 0.15) is 0 Å². The molecule has 0 radical (unpaired) electrons. The molecule has 0 spiro atoms. The van der Waals surface area contributed by atoms with Gasteiger partial charge in [-0.3, -0.25) is 0 Å². The Morgan fingerprint density at radius 1 is 1.44 bits per heavy atom. The van der Waals surface area contributed by atoms with Crippen LogP contribution in [0.5, 0.6) is 0 Å². The first-order valence-electron chi connectivity index (χ1n) is 2.43. The van der Waals surface area contributed by atoms with Crippen LogP contribution in [-0.2, 0) is 0 Å². The first-order chi connectivity index (χ1) is 4.38. The van der Waals surface area contributed by atoms with E-state index < -0.39 is 0 Å². The molecule has 0 amide bonds. The molecule has 0 aliphatic heterocycles. The van der Waals surface area contributed by atoms with Gasteiger partial charge in [0, 0.05) is 0 Å². The van der Waals surface area contributed by atoms with Gasteiger partial charge in [-0.15, -0.1) is 4.85 Å². The summed E-state index contributed by atoms with van der Waals surface area (Å²) in [4.78, 5) is 8.40. The quantitative estimate of drug-likeness (QED) is 0.493. The second kappa shape index (κ2) is 1.25. The molecule has 5 heteroatoms. The molecule has 9 heavy (non-hydrogen) atoms. The second-order valence-corrected chi connectivity index (χ2v) is 1.66. The lowest BCUT2D eigenvalue weighted by molar-refractivity contribution is 0.136. The largest absolute Gasteiger partial charge is 0.411 e. The van der Waals surface area contributed by atoms with Crippen LogP contribution in [0.3, 0.4) is 0 Å². The zero-order valence-corrected chi connectivity index (χ0v) is 4.47. The van der Waals surface area contributed by atoms with E-state index in [2.05, 4.69) is 9.97 Å². The van der Waals surface area contributed by atoms with Crippen molar-refractivity contribution in [2.24, 2.45) is 0 Å². The van der Waals surface area contributed by atoms with Gasteiger partial charge >= 0.3 is 0 Å². The second-order valence-electron chi connectivity index (χ2n) is 1.66. The van der Waals surface area contributed by atoms with Crippen molar-refractivity contribution >= 4 is 5.65 Å². The van der Waals surface area contributed by atoms with Crippen LogP contribution in [0, 0.1) is 0 Å². The highest BCUT2D eigenvalue weighted by Crippen LogP contribution is 1.94. The monoisotopic (exact) mass is 124 g/mol. The van der Waals surface area contributed by atoms with E-state index >= 15 is 0 Å². The van der Waals surface area contributed by atoms with E-state index in [-0.39, 0.29) is 0 Å². The third-order valence-corrected chi connectivity index (χ3v) is 1.11. The van der Waals surface area contributed by atoms with Crippen molar-refractivity contribution in [2.75, 3.05) is 0 Å². The van der Waals surface area contributed by atoms with E-state index in [1.165, 1.54) is 17.2 Å². The summed E-state index contributed by atoms with van der Waals surface area (Å²) < 4.78 is 1.42. The Kier molecular flexibility index (Phi) is 0.606. The Morgan fingerprint density at radius 3 is 3.11 bits per heavy atom. The lowest BCUT2D eigenvalue weighted by atomic mass is 10.8. The maximum atomic E-state index is 8.88. The lowest BCUT2D eigenvalue weighted by Gasteiger charge is -1.86. The molecule has 5 nitrogen and oxygen atoms in total. The molecule has 0 fully saturated rings. The lowest BCUT2D eigenvalue weighted by Crippen LogP contribution is -1.95. The van der Waals surface area contributed by atoms with E-state index in [4.69, 9.17) is 5.21 Å². The van der Waals surface area contributed by atoms with Crippen LogP contribution in [-0.4, -0.2) is 24.5 Å². The molecule has 46 valence electrons. The highest BCUT2D eigenvalue weighted by molar-refractivity contribution is 5.31. The molecule has 2 aromatic heterocycles. The van der Waals surface area contributed by atoms with E-state index in [1.54, 1.807) is 6.20 Å². The van der Waals surface area contributed by atoms with Crippen LogP contribution < -0.4 is 0 Å². The molecular formula is C4H4N4O. The van der Waals surface area contributed by atoms with Gasteiger partial charge in [0.25, 0.3) is 0 Å². The molecular weight excluding hydrogens is 120 g/mol. The summed E-state index contributed by atoms with van der Waals surface area (Å²) >= 11 is 0. The van der Waals surface area contributed by atoms with Crippen LogP contribution in [0.15, 0.2) is 18.9 Å². The Balaban J connectivity index is 2.99. The van der Waals surface area contributed by atoms with E-state index in [0.717, 1.165) is 4.85 Å². The molecule has 0 aromatic carbocycles. The average Bonchev–Trinajstić information content (AvgIpc) is 2.35. The number of imidazole rings is 1. The normalized spacial score (nSPS) is 10.7. The molecule has 0 atom stereocenters. The molecule has 2 heterocycles. The number of nitrogens with zero attached hydrogens (tertiary/aromatic N) is 4. The van der Waals surface area contributed by atoms with Crippen molar-refractivity contribution in [1.29, 1.82) is 0 Å². The van der Waals surface area contributed by atoms with E-state index in [1.807, 2.05) is 0 Å². The average molecular weight is 124 g/mol. The zero-order chi connectivity index (χ0) is 6.27. The van der Waals surface area contributed by atoms with Crippen molar-refractivity contribution in [2.45, 2.75) is 0 Å². The van der Waals surface area contributed by atoms with Crippen molar-refractivity contribution in [3.8, 4) is 0 Å². The Bertz CT molecular complexity index is 322. The Labute approximate surface area is 50.1 Å². The first kappa shape index (κ1) is 4.37. The summed E-state index contributed by atoms with van der Waals surface area (Å²) in [6, 6.07) is 0. The third-order valence-electron chi connectivity index (χ3n) is 1.11. The van der Waals surface area contributed by atoms with Gasteiger partial charge in [0.1, 0.15) is 6.33 Å².